The molecule has 2 heteroatoms. The van der Waals surface area contributed by atoms with E-state index in [0.29, 0.717) is 0 Å². The number of benzene rings is 1. The second kappa shape index (κ2) is 5.44. The largest absolute Gasteiger partial charge is 0.385 e. The first-order valence-electron chi connectivity index (χ1n) is 7.86. The quantitative estimate of drug-likeness (QED) is 0.860. The molecule has 0 radical (unpaired) electrons. The van der Waals surface area contributed by atoms with Crippen molar-refractivity contribution in [1.29, 1.82) is 0 Å². The molecule has 104 valence electrons. The van der Waals surface area contributed by atoms with Gasteiger partial charge in [0.1, 0.15) is 0 Å². The highest BCUT2D eigenvalue weighted by molar-refractivity contribution is 5.68. The van der Waals surface area contributed by atoms with Gasteiger partial charge in [0.15, 0.2) is 0 Å². The third kappa shape index (κ3) is 2.45. The van der Waals surface area contributed by atoms with Crippen molar-refractivity contribution in [2.75, 3.05) is 23.8 Å². The molecule has 2 aliphatic rings. The molecule has 3 rings (SSSR count). The Labute approximate surface area is 117 Å². The number of rotatable bonds is 2. The van der Waals surface area contributed by atoms with Crippen LogP contribution in [-0.4, -0.2) is 19.6 Å². The van der Waals surface area contributed by atoms with Crippen LogP contribution in [0.4, 0.5) is 11.4 Å². The van der Waals surface area contributed by atoms with Crippen LogP contribution >= 0.6 is 0 Å². The van der Waals surface area contributed by atoms with Crippen LogP contribution in [0.25, 0.3) is 0 Å². The molecule has 2 unspecified atom stereocenters. The van der Waals surface area contributed by atoms with E-state index < -0.39 is 0 Å². The third-order valence-corrected chi connectivity index (χ3v) is 5.01. The molecule has 0 bridgehead atoms. The number of hydrogen-bond donors (Lipinski definition) is 1. The second-order valence-corrected chi connectivity index (χ2v) is 6.27. The van der Waals surface area contributed by atoms with Gasteiger partial charge in [-0.05, 0) is 49.3 Å². The predicted molar refractivity (Wildman–Crippen MR) is 83.1 cm³/mol. The summed E-state index contributed by atoms with van der Waals surface area (Å²) in [5.74, 6) is 0.825. The minimum Gasteiger partial charge on any atom is -0.385 e. The zero-order chi connectivity index (χ0) is 13.2. The van der Waals surface area contributed by atoms with E-state index in [2.05, 4.69) is 42.4 Å². The van der Waals surface area contributed by atoms with E-state index in [1.54, 1.807) is 0 Å². The Morgan fingerprint density at radius 1 is 1.16 bits per heavy atom. The molecule has 2 atom stereocenters. The number of nitrogens with zero attached hydrogens (tertiary/aromatic N) is 1. The lowest BCUT2D eigenvalue weighted by Crippen LogP contribution is -2.39. The van der Waals surface area contributed by atoms with Gasteiger partial charge >= 0.3 is 0 Å². The number of anilines is 2. The molecular formula is C17H26N2. The lowest BCUT2D eigenvalue weighted by molar-refractivity contribution is 0.321. The first kappa shape index (κ1) is 12.8. The summed E-state index contributed by atoms with van der Waals surface area (Å²) < 4.78 is 0. The third-order valence-electron chi connectivity index (χ3n) is 5.01. The highest BCUT2D eigenvalue weighted by Gasteiger charge is 2.27. The number of nitrogens with one attached hydrogen (secondary N) is 1. The van der Waals surface area contributed by atoms with Crippen LogP contribution in [0.15, 0.2) is 18.2 Å². The zero-order valence-electron chi connectivity index (χ0n) is 12.3. The van der Waals surface area contributed by atoms with Crippen molar-refractivity contribution >= 4 is 11.4 Å². The summed E-state index contributed by atoms with van der Waals surface area (Å²) in [6.45, 7) is 3.55. The Balaban J connectivity index is 1.88. The summed E-state index contributed by atoms with van der Waals surface area (Å²) in [6, 6.07) is 7.47. The molecule has 2 nitrogen and oxygen atoms in total. The van der Waals surface area contributed by atoms with Crippen molar-refractivity contribution in [2.24, 2.45) is 5.92 Å². The van der Waals surface area contributed by atoms with Crippen LogP contribution < -0.4 is 10.2 Å². The minimum atomic E-state index is 0.724. The molecule has 1 saturated carbocycles. The van der Waals surface area contributed by atoms with Gasteiger partial charge in [-0.3, -0.25) is 0 Å². The Kier molecular flexibility index (Phi) is 3.67. The van der Waals surface area contributed by atoms with Crippen molar-refractivity contribution in [2.45, 2.75) is 51.5 Å². The number of fused-ring (bicyclic) bond motifs is 1. The lowest BCUT2D eigenvalue weighted by Gasteiger charge is -2.39. The Morgan fingerprint density at radius 2 is 2.00 bits per heavy atom. The van der Waals surface area contributed by atoms with Crippen LogP contribution in [0.2, 0.25) is 0 Å². The van der Waals surface area contributed by atoms with Gasteiger partial charge in [-0.2, -0.15) is 0 Å². The Hall–Kier alpha value is -1.18. The topological polar surface area (TPSA) is 15.3 Å². The summed E-state index contributed by atoms with van der Waals surface area (Å²) in [6.07, 6.45) is 8.05. The van der Waals surface area contributed by atoms with Crippen molar-refractivity contribution in [3.63, 3.8) is 0 Å². The average molecular weight is 258 g/mol. The average Bonchev–Trinajstić information content (AvgIpc) is 2.46. The van der Waals surface area contributed by atoms with Gasteiger partial charge in [0, 0.05) is 31.0 Å². The van der Waals surface area contributed by atoms with Crippen LogP contribution in [0.5, 0.6) is 0 Å². The molecule has 1 fully saturated rings. The molecule has 19 heavy (non-hydrogen) atoms. The first-order chi connectivity index (χ1) is 9.27. The van der Waals surface area contributed by atoms with Gasteiger partial charge in [-0.1, -0.05) is 25.8 Å². The summed E-state index contributed by atoms with van der Waals surface area (Å²) in [5.41, 5.74) is 4.36. The van der Waals surface area contributed by atoms with E-state index in [4.69, 9.17) is 0 Å². The molecule has 1 aromatic carbocycles. The predicted octanol–water partition coefficient (Wildman–Crippen LogP) is 4.06. The van der Waals surface area contributed by atoms with Crippen molar-refractivity contribution in [3.05, 3.63) is 23.8 Å². The van der Waals surface area contributed by atoms with Crippen LogP contribution in [-0.2, 0) is 6.42 Å². The molecular weight excluding hydrogens is 232 g/mol. The van der Waals surface area contributed by atoms with Gasteiger partial charge in [0.05, 0.1) is 0 Å². The second-order valence-electron chi connectivity index (χ2n) is 6.27. The molecule has 1 aliphatic carbocycles. The monoisotopic (exact) mass is 258 g/mol. The summed E-state index contributed by atoms with van der Waals surface area (Å²) in [5, 5.41) is 3.55. The van der Waals surface area contributed by atoms with Gasteiger partial charge in [0.2, 0.25) is 0 Å². The van der Waals surface area contributed by atoms with E-state index in [-0.39, 0.29) is 0 Å². The molecule has 1 aromatic rings. The number of hydrogen-bond acceptors (Lipinski definition) is 2. The Morgan fingerprint density at radius 3 is 2.84 bits per heavy atom. The van der Waals surface area contributed by atoms with Gasteiger partial charge in [0.25, 0.3) is 0 Å². The molecule has 0 amide bonds. The Bertz CT molecular complexity index is 441. The fourth-order valence-electron chi connectivity index (χ4n) is 3.87. The van der Waals surface area contributed by atoms with Crippen molar-refractivity contribution in [1.82, 2.24) is 0 Å². The van der Waals surface area contributed by atoms with E-state index >= 15 is 0 Å². The van der Waals surface area contributed by atoms with Crippen molar-refractivity contribution < 1.29 is 0 Å². The van der Waals surface area contributed by atoms with E-state index in [1.807, 2.05) is 0 Å². The van der Waals surface area contributed by atoms with E-state index in [9.17, 15) is 0 Å². The van der Waals surface area contributed by atoms with Gasteiger partial charge in [-0.25, -0.2) is 0 Å². The fraction of sp³-hybridized carbons (Fsp3) is 0.647. The fourth-order valence-corrected chi connectivity index (χ4v) is 3.87. The first-order valence-corrected chi connectivity index (χ1v) is 7.86. The van der Waals surface area contributed by atoms with E-state index in [0.717, 1.165) is 18.5 Å². The maximum atomic E-state index is 3.55. The molecule has 1 heterocycles. The van der Waals surface area contributed by atoms with Gasteiger partial charge in [-0.15, -0.1) is 0 Å². The van der Waals surface area contributed by atoms with Crippen LogP contribution in [0.3, 0.4) is 0 Å². The van der Waals surface area contributed by atoms with Crippen molar-refractivity contribution in [3.8, 4) is 0 Å². The normalized spacial score (nSPS) is 26.4. The molecule has 1 aliphatic heterocycles. The molecule has 0 aromatic heterocycles. The lowest BCUT2D eigenvalue weighted by atomic mass is 9.84. The molecule has 0 saturated heterocycles. The molecule has 1 N–H and O–H groups in total. The maximum Gasteiger partial charge on any atom is 0.0419 e. The standard InChI is InChI=1S/C17H26N2/c1-13-7-3-4-10-16(13)19(2)17-11-5-9-15-14(17)8-6-12-18-15/h5,9,11,13,16,18H,3-4,6-8,10,12H2,1-2H3. The van der Waals surface area contributed by atoms with Gasteiger partial charge < -0.3 is 10.2 Å². The van der Waals surface area contributed by atoms with E-state index in [1.165, 1.54) is 55.5 Å². The highest BCUT2D eigenvalue weighted by Crippen LogP contribution is 2.36. The maximum absolute atomic E-state index is 3.55. The highest BCUT2D eigenvalue weighted by atomic mass is 15.1. The summed E-state index contributed by atoms with van der Waals surface area (Å²) in [7, 11) is 2.30. The smallest absolute Gasteiger partial charge is 0.0419 e. The zero-order valence-corrected chi connectivity index (χ0v) is 12.3. The summed E-state index contributed by atoms with van der Waals surface area (Å²) >= 11 is 0. The van der Waals surface area contributed by atoms with Crippen LogP contribution in [0, 0.1) is 5.92 Å². The minimum absolute atomic E-state index is 0.724. The SMILES string of the molecule is CC1CCCCC1N(C)c1cccc2c1CCCN2. The van der Waals surface area contributed by atoms with Crippen LogP contribution in [0.1, 0.15) is 44.6 Å². The summed E-state index contributed by atoms with van der Waals surface area (Å²) in [4.78, 5) is 2.57. The molecule has 0 spiro atoms.